The van der Waals surface area contributed by atoms with Crippen LogP contribution in [0.1, 0.15) is 43.5 Å². The van der Waals surface area contributed by atoms with Gasteiger partial charge in [-0.15, -0.1) is 0 Å². The van der Waals surface area contributed by atoms with Gasteiger partial charge in [-0.2, -0.15) is 0 Å². The first-order valence-electron chi connectivity index (χ1n) is 13.3. The summed E-state index contributed by atoms with van der Waals surface area (Å²) in [6.45, 7) is 6.31. The quantitative estimate of drug-likeness (QED) is 0.296. The predicted octanol–water partition coefficient (Wildman–Crippen LogP) is 4.59. The van der Waals surface area contributed by atoms with Gasteiger partial charge >= 0.3 is 5.97 Å². The minimum absolute atomic E-state index is 0.0654. The van der Waals surface area contributed by atoms with E-state index in [1.807, 2.05) is 55.5 Å². The van der Waals surface area contributed by atoms with Gasteiger partial charge in [0.1, 0.15) is 18.4 Å². The van der Waals surface area contributed by atoms with Crippen LogP contribution in [0.2, 0.25) is 0 Å². The summed E-state index contributed by atoms with van der Waals surface area (Å²) in [5.41, 5.74) is 2.63. The number of thiazole rings is 1. The van der Waals surface area contributed by atoms with E-state index in [0.29, 0.717) is 50.9 Å². The zero-order valence-electron chi connectivity index (χ0n) is 23.0. The minimum atomic E-state index is -0.729. The van der Waals surface area contributed by atoms with Gasteiger partial charge in [-0.1, -0.05) is 65.9 Å². The first kappa shape index (κ1) is 27.9. The van der Waals surface area contributed by atoms with Crippen molar-refractivity contribution in [3.8, 4) is 17.2 Å². The molecule has 8 nitrogen and oxygen atoms in total. The standard InChI is InChI=1S/C32H30N2O6S/c1-4-38-26-17-23(15-16-25(26)40-19-21-11-7-6-8-12-21)29-28(31(37)39-5-2)20(3)34-30(36)27(41-32(34)33-29)18-22-13-9-10-14-24(22)35/h6-18,29,35H,4-5,19H2,1-3H3/b27-18-/t29-/m0/s1. The van der Waals surface area contributed by atoms with Crippen molar-refractivity contribution in [1.82, 2.24) is 4.57 Å². The summed E-state index contributed by atoms with van der Waals surface area (Å²) in [6.07, 6.45) is 1.63. The van der Waals surface area contributed by atoms with Crippen LogP contribution < -0.4 is 24.4 Å². The Bertz CT molecular complexity index is 1790. The van der Waals surface area contributed by atoms with Gasteiger partial charge in [0.05, 0.1) is 23.3 Å². The summed E-state index contributed by atoms with van der Waals surface area (Å²) in [4.78, 5) is 32.0. The molecule has 0 radical (unpaired) electrons. The van der Waals surface area contributed by atoms with E-state index < -0.39 is 12.0 Å². The number of nitrogens with zero attached hydrogens (tertiary/aromatic N) is 2. The number of hydrogen-bond donors (Lipinski definition) is 1. The summed E-state index contributed by atoms with van der Waals surface area (Å²) >= 11 is 1.19. The Hall–Kier alpha value is -4.63. The number of aromatic nitrogens is 1. The molecular weight excluding hydrogens is 540 g/mol. The molecule has 1 aliphatic heterocycles. The zero-order chi connectivity index (χ0) is 28.9. The van der Waals surface area contributed by atoms with Crippen LogP contribution in [0, 0.1) is 0 Å². The molecule has 1 aliphatic rings. The fourth-order valence-electron chi connectivity index (χ4n) is 4.63. The number of hydrogen-bond acceptors (Lipinski definition) is 8. The van der Waals surface area contributed by atoms with E-state index in [4.69, 9.17) is 19.2 Å². The third kappa shape index (κ3) is 5.81. The van der Waals surface area contributed by atoms with Gasteiger partial charge in [-0.25, -0.2) is 9.79 Å². The van der Waals surface area contributed by atoms with Crippen LogP contribution >= 0.6 is 11.3 Å². The number of allylic oxidation sites excluding steroid dienone is 1. The first-order chi connectivity index (χ1) is 19.9. The number of carbonyl (C=O) groups excluding carboxylic acids is 1. The van der Waals surface area contributed by atoms with Crippen LogP contribution in [0.3, 0.4) is 0 Å². The summed E-state index contributed by atoms with van der Waals surface area (Å²) < 4.78 is 19.2. The lowest BCUT2D eigenvalue weighted by Crippen LogP contribution is -2.35. The van der Waals surface area contributed by atoms with Gasteiger partial charge in [-0.3, -0.25) is 9.36 Å². The third-order valence-electron chi connectivity index (χ3n) is 6.58. The molecule has 0 spiro atoms. The van der Waals surface area contributed by atoms with Gasteiger partial charge < -0.3 is 19.3 Å². The molecule has 4 aromatic rings. The molecule has 0 saturated heterocycles. The second kappa shape index (κ2) is 12.3. The second-order valence-electron chi connectivity index (χ2n) is 9.26. The van der Waals surface area contributed by atoms with E-state index >= 15 is 0 Å². The average molecular weight is 571 g/mol. The number of para-hydroxylation sites is 1. The maximum absolute atomic E-state index is 13.5. The molecule has 0 saturated carbocycles. The molecule has 9 heteroatoms. The van der Waals surface area contributed by atoms with Crippen molar-refractivity contribution < 1.29 is 24.1 Å². The van der Waals surface area contributed by atoms with Crippen LogP contribution in [-0.4, -0.2) is 28.9 Å². The summed E-state index contributed by atoms with van der Waals surface area (Å²) in [7, 11) is 0. The lowest BCUT2D eigenvalue weighted by Gasteiger charge is -2.23. The minimum Gasteiger partial charge on any atom is -0.507 e. The topological polar surface area (TPSA) is 99.4 Å². The van der Waals surface area contributed by atoms with Crippen molar-refractivity contribution in [2.75, 3.05) is 13.2 Å². The molecule has 210 valence electrons. The van der Waals surface area contributed by atoms with E-state index in [0.717, 1.165) is 5.56 Å². The Balaban J connectivity index is 1.61. The SMILES string of the molecule is CCOC(=O)C1=C(C)n2c(s/c(=C\c3ccccc3O)c2=O)=N[C@H]1c1ccc(OCc2ccccc2)c(OCC)c1. The molecule has 1 N–H and O–H groups in total. The van der Waals surface area contributed by atoms with Crippen molar-refractivity contribution in [3.63, 3.8) is 0 Å². The fraction of sp³-hybridized carbons (Fsp3) is 0.219. The van der Waals surface area contributed by atoms with Crippen LogP contribution in [0.5, 0.6) is 17.2 Å². The van der Waals surface area contributed by atoms with Gasteiger partial charge in [0, 0.05) is 11.3 Å². The zero-order valence-corrected chi connectivity index (χ0v) is 23.8. The van der Waals surface area contributed by atoms with Crippen molar-refractivity contribution in [2.24, 2.45) is 4.99 Å². The molecule has 0 amide bonds. The molecule has 2 heterocycles. The third-order valence-corrected chi connectivity index (χ3v) is 7.57. The number of esters is 1. The lowest BCUT2D eigenvalue weighted by molar-refractivity contribution is -0.138. The van der Waals surface area contributed by atoms with Crippen molar-refractivity contribution in [2.45, 2.75) is 33.4 Å². The molecule has 0 unspecified atom stereocenters. The van der Waals surface area contributed by atoms with Crippen molar-refractivity contribution >= 4 is 29.1 Å². The number of aromatic hydroxyl groups is 1. The van der Waals surface area contributed by atoms with Crippen LogP contribution in [0.25, 0.3) is 11.8 Å². The highest BCUT2D eigenvalue weighted by Crippen LogP contribution is 2.37. The normalized spacial score (nSPS) is 14.8. The van der Waals surface area contributed by atoms with Crippen LogP contribution in [-0.2, 0) is 16.1 Å². The number of benzene rings is 3. The van der Waals surface area contributed by atoms with Gasteiger partial charge in [-0.05, 0) is 56.2 Å². The van der Waals surface area contributed by atoms with Crippen LogP contribution in [0.15, 0.2) is 88.2 Å². The van der Waals surface area contributed by atoms with E-state index in [1.54, 1.807) is 44.2 Å². The number of carbonyl (C=O) groups is 1. The Morgan fingerprint density at radius 1 is 1.00 bits per heavy atom. The van der Waals surface area contributed by atoms with Crippen LogP contribution in [0.4, 0.5) is 0 Å². The maximum Gasteiger partial charge on any atom is 0.338 e. The predicted molar refractivity (Wildman–Crippen MR) is 158 cm³/mol. The van der Waals surface area contributed by atoms with Crippen molar-refractivity contribution in [3.05, 3.63) is 115 Å². The van der Waals surface area contributed by atoms with Crippen molar-refractivity contribution in [1.29, 1.82) is 0 Å². The molecule has 3 aromatic carbocycles. The molecular formula is C32H30N2O6S. The molecule has 0 aliphatic carbocycles. The van der Waals surface area contributed by atoms with E-state index in [2.05, 4.69) is 0 Å². The molecule has 1 aromatic heterocycles. The van der Waals surface area contributed by atoms with Gasteiger partial charge in [0.25, 0.3) is 5.56 Å². The monoisotopic (exact) mass is 570 g/mol. The summed E-state index contributed by atoms with van der Waals surface area (Å²) in [5.74, 6) is 0.618. The average Bonchev–Trinajstić information content (AvgIpc) is 3.29. The maximum atomic E-state index is 13.5. The molecule has 41 heavy (non-hydrogen) atoms. The molecule has 1 atom stereocenters. The molecule has 0 fully saturated rings. The second-order valence-corrected chi connectivity index (χ2v) is 10.3. The number of phenolic OH excluding ortho intramolecular Hbond substituents is 1. The van der Waals surface area contributed by atoms with E-state index in [1.165, 1.54) is 15.9 Å². The van der Waals surface area contributed by atoms with E-state index in [-0.39, 0.29) is 23.5 Å². The fourth-order valence-corrected chi connectivity index (χ4v) is 5.66. The summed E-state index contributed by atoms with van der Waals surface area (Å²) in [5, 5.41) is 10.2. The first-order valence-corrected chi connectivity index (χ1v) is 14.1. The summed E-state index contributed by atoms with van der Waals surface area (Å²) in [6, 6.07) is 21.4. The number of ether oxygens (including phenoxy) is 3. The Morgan fingerprint density at radius 2 is 1.76 bits per heavy atom. The van der Waals surface area contributed by atoms with Gasteiger partial charge in [0.2, 0.25) is 0 Å². The Labute approximate surface area is 241 Å². The van der Waals surface area contributed by atoms with E-state index in [9.17, 15) is 14.7 Å². The number of fused-ring (bicyclic) bond motifs is 1. The smallest absolute Gasteiger partial charge is 0.338 e. The lowest BCUT2D eigenvalue weighted by atomic mass is 9.96. The molecule has 5 rings (SSSR count). The highest BCUT2D eigenvalue weighted by molar-refractivity contribution is 7.07. The molecule has 0 bridgehead atoms. The Morgan fingerprint density at radius 3 is 2.49 bits per heavy atom. The highest BCUT2D eigenvalue weighted by atomic mass is 32.1. The Kier molecular flexibility index (Phi) is 8.35. The number of phenols is 1. The van der Waals surface area contributed by atoms with Gasteiger partial charge in [0.15, 0.2) is 16.3 Å². The highest BCUT2D eigenvalue weighted by Gasteiger charge is 2.32. The largest absolute Gasteiger partial charge is 0.507 e. The number of rotatable bonds is 9.